The first-order valence-corrected chi connectivity index (χ1v) is 10.2. The summed E-state index contributed by atoms with van der Waals surface area (Å²) in [6.07, 6.45) is 0.777. The Hall–Kier alpha value is -2.49. The van der Waals surface area contributed by atoms with E-state index in [1.165, 1.54) is 18.2 Å². The number of nitrogens with one attached hydrogen (secondary N) is 2. The van der Waals surface area contributed by atoms with Crippen LogP contribution in [0.5, 0.6) is 0 Å². The second-order valence-electron chi connectivity index (χ2n) is 6.38. The van der Waals surface area contributed by atoms with Gasteiger partial charge in [0.05, 0.1) is 5.75 Å². The van der Waals surface area contributed by atoms with Crippen molar-refractivity contribution < 1.29 is 22.0 Å². The number of nitrogens with zero attached hydrogens (tertiary/aromatic N) is 2. The molecule has 2 amide bonds. The number of sulfone groups is 1. The van der Waals surface area contributed by atoms with E-state index in [0.29, 0.717) is 6.54 Å². The molecule has 0 aliphatic rings. The third kappa shape index (κ3) is 5.49. The van der Waals surface area contributed by atoms with Crippen molar-refractivity contribution in [2.24, 2.45) is 5.92 Å². The van der Waals surface area contributed by atoms with Crippen LogP contribution in [-0.2, 0) is 15.6 Å². The monoisotopic (exact) mass is 398 g/mol. The maximum atomic E-state index is 13.7. The molecule has 1 aromatic heterocycles. The zero-order valence-electron chi connectivity index (χ0n) is 15.4. The first-order chi connectivity index (χ1) is 12.7. The van der Waals surface area contributed by atoms with Gasteiger partial charge in [0.1, 0.15) is 11.9 Å². The van der Waals surface area contributed by atoms with Crippen LogP contribution in [0.25, 0.3) is 0 Å². The van der Waals surface area contributed by atoms with Crippen LogP contribution < -0.4 is 10.6 Å². The Labute approximate surface area is 157 Å². The van der Waals surface area contributed by atoms with E-state index < -0.39 is 38.7 Å². The Bertz CT molecular complexity index is 883. The molecule has 0 spiro atoms. The zero-order chi connectivity index (χ0) is 20.0. The van der Waals surface area contributed by atoms with Crippen LogP contribution in [0.4, 0.5) is 9.18 Å². The summed E-state index contributed by atoms with van der Waals surface area (Å²) < 4.78 is 44.0. The third-order valence-electron chi connectivity index (χ3n) is 3.75. The molecule has 27 heavy (non-hydrogen) atoms. The topological polar surface area (TPSA) is 114 Å². The van der Waals surface area contributed by atoms with Gasteiger partial charge in [-0.1, -0.05) is 44.1 Å². The highest BCUT2D eigenvalue weighted by Crippen LogP contribution is 2.24. The van der Waals surface area contributed by atoms with Crippen LogP contribution >= 0.6 is 0 Å². The van der Waals surface area contributed by atoms with Crippen molar-refractivity contribution in [3.05, 3.63) is 41.5 Å². The zero-order valence-corrected chi connectivity index (χ0v) is 16.2. The van der Waals surface area contributed by atoms with Crippen LogP contribution in [0.15, 0.2) is 33.9 Å². The van der Waals surface area contributed by atoms with Crippen molar-refractivity contribution in [3.8, 4) is 0 Å². The fourth-order valence-electron chi connectivity index (χ4n) is 2.30. The van der Waals surface area contributed by atoms with Gasteiger partial charge in [0.2, 0.25) is 15.7 Å². The molecule has 0 saturated carbocycles. The van der Waals surface area contributed by atoms with Crippen molar-refractivity contribution in [1.82, 2.24) is 20.8 Å². The molecular formula is C17H23FN4O4S. The summed E-state index contributed by atoms with van der Waals surface area (Å²) in [7, 11) is -4.03. The molecule has 0 fully saturated rings. The number of amides is 2. The highest BCUT2D eigenvalue weighted by Gasteiger charge is 2.29. The molecule has 1 atom stereocenters. The van der Waals surface area contributed by atoms with Gasteiger partial charge in [0.25, 0.3) is 0 Å². The molecule has 0 saturated heterocycles. The SMILES string of the molecule is CCCNC(=O)N[C@H](c1nnc(S(=O)(=O)Cc2ccccc2F)o1)C(C)C. The van der Waals surface area contributed by atoms with Crippen molar-refractivity contribution in [1.29, 1.82) is 0 Å². The van der Waals surface area contributed by atoms with E-state index in [2.05, 4.69) is 20.8 Å². The molecule has 0 radical (unpaired) electrons. The molecule has 1 aromatic carbocycles. The second kappa shape index (κ2) is 8.94. The Morgan fingerprint density at radius 1 is 1.26 bits per heavy atom. The number of benzene rings is 1. The fraction of sp³-hybridized carbons (Fsp3) is 0.471. The molecule has 10 heteroatoms. The molecule has 0 aliphatic carbocycles. The smallest absolute Gasteiger partial charge is 0.335 e. The van der Waals surface area contributed by atoms with Gasteiger partial charge in [-0.15, -0.1) is 5.10 Å². The Kier molecular flexibility index (Phi) is 6.89. The number of halogens is 1. The predicted octanol–water partition coefficient (Wildman–Crippen LogP) is 2.59. The van der Waals surface area contributed by atoms with E-state index in [1.54, 1.807) is 6.07 Å². The molecule has 1 heterocycles. The lowest BCUT2D eigenvalue weighted by atomic mass is 10.1. The molecule has 148 valence electrons. The largest absolute Gasteiger partial charge is 0.410 e. The van der Waals surface area contributed by atoms with Gasteiger partial charge in [-0.05, 0) is 18.4 Å². The van der Waals surface area contributed by atoms with Gasteiger partial charge in [0, 0.05) is 12.1 Å². The van der Waals surface area contributed by atoms with Gasteiger partial charge >= 0.3 is 11.3 Å². The molecule has 8 nitrogen and oxygen atoms in total. The number of rotatable bonds is 8. The summed E-state index contributed by atoms with van der Waals surface area (Å²) in [5, 5.41) is 12.1. The van der Waals surface area contributed by atoms with Crippen LogP contribution in [0.3, 0.4) is 0 Å². The lowest BCUT2D eigenvalue weighted by Crippen LogP contribution is -2.40. The lowest BCUT2D eigenvalue weighted by Gasteiger charge is -2.18. The van der Waals surface area contributed by atoms with Gasteiger partial charge in [0.15, 0.2) is 0 Å². The quantitative estimate of drug-likeness (QED) is 0.706. The van der Waals surface area contributed by atoms with Crippen molar-refractivity contribution in [2.45, 2.75) is 44.2 Å². The van der Waals surface area contributed by atoms with Crippen LogP contribution in [0.2, 0.25) is 0 Å². The molecule has 2 rings (SSSR count). The fourth-order valence-corrected chi connectivity index (χ4v) is 3.44. The minimum absolute atomic E-state index is 0.00901. The second-order valence-corrected chi connectivity index (χ2v) is 8.25. The molecule has 0 bridgehead atoms. The summed E-state index contributed by atoms with van der Waals surface area (Å²) in [5.74, 6) is -1.38. The first-order valence-electron chi connectivity index (χ1n) is 8.58. The molecule has 0 aliphatic heterocycles. The van der Waals surface area contributed by atoms with E-state index in [9.17, 15) is 17.6 Å². The predicted molar refractivity (Wildman–Crippen MR) is 96.0 cm³/mol. The molecule has 2 N–H and O–H groups in total. The maximum absolute atomic E-state index is 13.7. The number of aromatic nitrogens is 2. The number of carbonyl (C=O) groups is 1. The average molecular weight is 398 g/mol. The normalized spacial score (nSPS) is 12.8. The number of urea groups is 1. The maximum Gasteiger partial charge on any atom is 0.335 e. The van der Waals surface area contributed by atoms with E-state index in [4.69, 9.17) is 4.42 Å². The van der Waals surface area contributed by atoms with Crippen LogP contribution in [-0.4, -0.2) is 31.2 Å². The van der Waals surface area contributed by atoms with Gasteiger partial charge in [-0.2, -0.15) is 0 Å². The van der Waals surface area contributed by atoms with E-state index >= 15 is 0 Å². The highest BCUT2D eigenvalue weighted by atomic mass is 32.2. The minimum Gasteiger partial charge on any atom is -0.410 e. The average Bonchev–Trinajstić information content (AvgIpc) is 3.10. The number of carbonyl (C=O) groups excluding carboxylic acids is 1. The summed E-state index contributed by atoms with van der Waals surface area (Å²) >= 11 is 0. The Morgan fingerprint density at radius 2 is 1.96 bits per heavy atom. The lowest BCUT2D eigenvalue weighted by molar-refractivity contribution is 0.226. The number of hydrogen-bond donors (Lipinski definition) is 2. The standard InChI is InChI=1S/C17H23FN4O4S/c1-4-9-19-16(23)20-14(11(2)3)15-21-22-17(26-15)27(24,25)10-12-7-5-6-8-13(12)18/h5-8,11,14H,4,9-10H2,1-3H3,(H2,19,20,23)/t14-/m0/s1. The minimum atomic E-state index is -4.03. The van der Waals surface area contributed by atoms with Crippen LogP contribution in [0.1, 0.15) is 44.7 Å². The van der Waals surface area contributed by atoms with Crippen molar-refractivity contribution in [3.63, 3.8) is 0 Å². The summed E-state index contributed by atoms with van der Waals surface area (Å²) in [6, 6.07) is 4.49. The Balaban J connectivity index is 2.19. The molecule has 0 unspecified atom stereocenters. The molecular weight excluding hydrogens is 375 g/mol. The van der Waals surface area contributed by atoms with Crippen LogP contribution in [0, 0.1) is 11.7 Å². The van der Waals surface area contributed by atoms with Gasteiger partial charge in [-0.25, -0.2) is 17.6 Å². The molecule has 2 aromatic rings. The van der Waals surface area contributed by atoms with Gasteiger partial charge in [-0.3, -0.25) is 0 Å². The Morgan fingerprint density at radius 3 is 2.59 bits per heavy atom. The first kappa shape index (κ1) is 20.8. The van der Waals surface area contributed by atoms with Gasteiger partial charge < -0.3 is 15.1 Å². The van der Waals surface area contributed by atoms with Crippen molar-refractivity contribution >= 4 is 15.9 Å². The third-order valence-corrected chi connectivity index (χ3v) is 5.13. The van der Waals surface area contributed by atoms with E-state index in [1.807, 2.05) is 20.8 Å². The van der Waals surface area contributed by atoms with E-state index in [0.717, 1.165) is 6.42 Å². The summed E-state index contributed by atoms with van der Waals surface area (Å²) in [6.45, 7) is 6.07. The summed E-state index contributed by atoms with van der Waals surface area (Å²) in [5.41, 5.74) is 0.00901. The van der Waals surface area contributed by atoms with E-state index in [-0.39, 0.29) is 17.4 Å². The highest BCUT2D eigenvalue weighted by molar-refractivity contribution is 7.90. The summed E-state index contributed by atoms with van der Waals surface area (Å²) in [4.78, 5) is 11.9. The number of hydrogen-bond acceptors (Lipinski definition) is 6. The van der Waals surface area contributed by atoms with Crippen molar-refractivity contribution in [2.75, 3.05) is 6.54 Å².